The first-order valence-electron chi connectivity index (χ1n) is 13.9. The average molecular weight is 550 g/mol. The van der Waals surface area contributed by atoms with Crippen LogP contribution in [0.1, 0.15) is 59.6 Å². The highest BCUT2D eigenvalue weighted by molar-refractivity contribution is 6.30. The second kappa shape index (κ2) is 11.6. The lowest BCUT2D eigenvalue weighted by Gasteiger charge is -2.27. The molecule has 1 heterocycles. The number of aromatic carboxylic acids is 1. The standard InChI is InChI=1S/C34H32ClN3O2/c35-28-12-8-10-25(20-28)23-37(29-13-3-1-4-14-29)22-24-9-7-11-26(19-24)33-36-31-21-27(34(39)40)17-18-32(31)38(33)30-15-5-2-6-16-30/h1,3-4,7-14,17-21,30H,2,5-6,15-16,22-23H2,(H,39,40). The van der Waals surface area contributed by atoms with Crippen molar-refractivity contribution in [3.63, 3.8) is 0 Å². The van der Waals surface area contributed by atoms with Crippen molar-refractivity contribution in [3.05, 3.63) is 119 Å². The number of imidazole rings is 1. The van der Waals surface area contributed by atoms with Gasteiger partial charge in [0.15, 0.2) is 0 Å². The van der Waals surface area contributed by atoms with Gasteiger partial charge in [0.2, 0.25) is 0 Å². The number of anilines is 1. The Morgan fingerprint density at radius 1 is 0.850 bits per heavy atom. The second-order valence-corrected chi connectivity index (χ2v) is 11.1. The van der Waals surface area contributed by atoms with Gasteiger partial charge in [-0.3, -0.25) is 0 Å². The largest absolute Gasteiger partial charge is 0.478 e. The van der Waals surface area contributed by atoms with Crippen LogP contribution in [0.2, 0.25) is 5.02 Å². The zero-order valence-corrected chi connectivity index (χ0v) is 23.1. The number of aromatic nitrogens is 2. The fraction of sp³-hybridized carbons (Fsp3) is 0.235. The first-order valence-corrected chi connectivity index (χ1v) is 14.3. The molecule has 6 heteroatoms. The van der Waals surface area contributed by atoms with Gasteiger partial charge in [-0.25, -0.2) is 9.78 Å². The van der Waals surface area contributed by atoms with Gasteiger partial charge in [0, 0.05) is 35.4 Å². The molecule has 0 spiro atoms. The molecule has 5 nitrogen and oxygen atoms in total. The lowest BCUT2D eigenvalue weighted by molar-refractivity contribution is 0.0697. The molecule has 0 amide bonds. The summed E-state index contributed by atoms with van der Waals surface area (Å²) in [6.07, 6.45) is 5.89. The second-order valence-electron chi connectivity index (χ2n) is 10.6. The summed E-state index contributed by atoms with van der Waals surface area (Å²) in [6, 6.07) is 32.7. The monoisotopic (exact) mass is 549 g/mol. The van der Waals surface area contributed by atoms with Gasteiger partial charge in [-0.15, -0.1) is 0 Å². The summed E-state index contributed by atoms with van der Waals surface area (Å²) in [5, 5.41) is 10.3. The summed E-state index contributed by atoms with van der Waals surface area (Å²) in [4.78, 5) is 19.1. The molecule has 202 valence electrons. The molecule has 1 fully saturated rings. The van der Waals surface area contributed by atoms with Crippen molar-refractivity contribution in [2.45, 2.75) is 51.2 Å². The quantitative estimate of drug-likeness (QED) is 0.210. The predicted octanol–water partition coefficient (Wildman–Crippen LogP) is 8.77. The summed E-state index contributed by atoms with van der Waals surface area (Å²) in [5.74, 6) is -0.0224. The van der Waals surface area contributed by atoms with Crippen LogP contribution in [0.15, 0.2) is 97.1 Å². The molecule has 40 heavy (non-hydrogen) atoms. The number of halogens is 1. The molecule has 0 saturated heterocycles. The van der Waals surface area contributed by atoms with Gasteiger partial charge in [-0.05, 0) is 72.5 Å². The van der Waals surface area contributed by atoms with E-state index in [4.69, 9.17) is 16.6 Å². The molecule has 4 aromatic carbocycles. The Bertz CT molecular complexity index is 1640. The van der Waals surface area contributed by atoms with Crippen LogP contribution in [0.5, 0.6) is 0 Å². The highest BCUT2D eigenvalue weighted by Gasteiger charge is 2.23. The number of rotatable bonds is 8. The zero-order chi connectivity index (χ0) is 27.5. The summed E-state index contributed by atoms with van der Waals surface area (Å²) in [6.45, 7) is 1.45. The number of fused-ring (bicyclic) bond motifs is 1. The maximum atomic E-state index is 11.7. The highest BCUT2D eigenvalue weighted by atomic mass is 35.5. The number of carbonyl (C=O) groups is 1. The van der Waals surface area contributed by atoms with Crippen LogP contribution in [0.25, 0.3) is 22.4 Å². The Hall–Kier alpha value is -4.09. The summed E-state index contributed by atoms with van der Waals surface area (Å²) >= 11 is 6.30. The molecule has 1 saturated carbocycles. The van der Waals surface area contributed by atoms with Gasteiger partial charge in [0.05, 0.1) is 16.6 Å². The van der Waals surface area contributed by atoms with E-state index in [1.165, 1.54) is 24.8 Å². The molecule has 0 aliphatic heterocycles. The lowest BCUT2D eigenvalue weighted by atomic mass is 9.94. The highest BCUT2D eigenvalue weighted by Crippen LogP contribution is 2.36. The Labute approximate surface area is 239 Å². The SMILES string of the molecule is O=C(O)c1ccc2c(c1)nc(-c1cccc(CN(Cc3cccc(Cl)c3)c3ccccc3)c1)n2C1CCCCC1. The third-order valence-corrected chi connectivity index (χ3v) is 8.05. The smallest absolute Gasteiger partial charge is 0.335 e. The number of nitrogens with zero attached hydrogens (tertiary/aromatic N) is 3. The molecule has 0 atom stereocenters. The number of carboxylic acids is 1. The van der Waals surface area contributed by atoms with Gasteiger partial charge in [-0.2, -0.15) is 0 Å². The average Bonchev–Trinajstić information content (AvgIpc) is 3.37. The Morgan fingerprint density at radius 3 is 2.30 bits per heavy atom. The molecule has 1 aliphatic carbocycles. The maximum Gasteiger partial charge on any atom is 0.335 e. The molecule has 1 aliphatic rings. The minimum atomic E-state index is -0.932. The van der Waals surface area contributed by atoms with Crippen LogP contribution in [-0.4, -0.2) is 20.6 Å². The molecular formula is C34H32ClN3O2. The van der Waals surface area contributed by atoms with Gasteiger partial charge >= 0.3 is 5.97 Å². The Balaban J connectivity index is 1.38. The summed E-state index contributed by atoms with van der Waals surface area (Å²) < 4.78 is 2.36. The maximum absolute atomic E-state index is 11.7. The third-order valence-electron chi connectivity index (χ3n) is 7.82. The van der Waals surface area contributed by atoms with Crippen molar-refractivity contribution in [2.24, 2.45) is 0 Å². The molecular weight excluding hydrogens is 518 g/mol. The van der Waals surface area contributed by atoms with Crippen molar-refractivity contribution >= 4 is 34.3 Å². The molecule has 0 radical (unpaired) electrons. The van der Waals surface area contributed by atoms with Crippen LogP contribution >= 0.6 is 11.6 Å². The van der Waals surface area contributed by atoms with Crippen LogP contribution in [0, 0.1) is 0 Å². The van der Waals surface area contributed by atoms with Gasteiger partial charge in [-0.1, -0.05) is 79.4 Å². The Kier molecular flexibility index (Phi) is 7.56. The van der Waals surface area contributed by atoms with E-state index in [2.05, 4.69) is 64.1 Å². The van der Waals surface area contributed by atoms with Crippen molar-refractivity contribution < 1.29 is 9.90 Å². The summed E-state index contributed by atoms with van der Waals surface area (Å²) in [7, 11) is 0. The zero-order valence-electron chi connectivity index (χ0n) is 22.3. The van der Waals surface area contributed by atoms with E-state index in [1.807, 2.05) is 30.3 Å². The van der Waals surface area contributed by atoms with Crippen molar-refractivity contribution in [1.82, 2.24) is 9.55 Å². The van der Waals surface area contributed by atoms with E-state index < -0.39 is 5.97 Å². The number of carboxylic acid groups (broad SMARTS) is 1. The first kappa shape index (κ1) is 26.1. The van der Waals surface area contributed by atoms with Crippen molar-refractivity contribution in [3.8, 4) is 11.4 Å². The number of hydrogen-bond acceptors (Lipinski definition) is 3. The van der Waals surface area contributed by atoms with Crippen molar-refractivity contribution in [2.75, 3.05) is 4.90 Å². The van der Waals surface area contributed by atoms with E-state index in [9.17, 15) is 9.90 Å². The predicted molar refractivity (Wildman–Crippen MR) is 162 cm³/mol. The van der Waals surface area contributed by atoms with Gasteiger partial charge in [0.1, 0.15) is 5.82 Å². The molecule has 1 N–H and O–H groups in total. The number of benzene rings is 4. The first-order chi connectivity index (χ1) is 19.5. The van der Waals surface area contributed by atoms with E-state index in [-0.39, 0.29) is 5.56 Å². The molecule has 6 rings (SSSR count). The number of hydrogen-bond donors (Lipinski definition) is 1. The molecule has 0 unspecified atom stereocenters. The number of para-hydroxylation sites is 1. The third kappa shape index (κ3) is 5.61. The minimum Gasteiger partial charge on any atom is -0.478 e. The molecule has 5 aromatic rings. The van der Waals surface area contributed by atoms with Crippen LogP contribution < -0.4 is 4.90 Å². The van der Waals surface area contributed by atoms with Gasteiger partial charge < -0.3 is 14.6 Å². The fourth-order valence-corrected chi connectivity index (χ4v) is 6.12. The van der Waals surface area contributed by atoms with Crippen molar-refractivity contribution in [1.29, 1.82) is 0 Å². The van der Waals surface area contributed by atoms with E-state index >= 15 is 0 Å². The Morgan fingerprint density at radius 2 is 1.57 bits per heavy atom. The summed E-state index contributed by atoms with van der Waals surface area (Å²) in [5.41, 5.74) is 6.52. The van der Waals surface area contributed by atoms with Crippen LogP contribution in [-0.2, 0) is 13.1 Å². The van der Waals surface area contributed by atoms with E-state index in [0.717, 1.165) is 64.6 Å². The topological polar surface area (TPSA) is 58.4 Å². The van der Waals surface area contributed by atoms with Crippen LogP contribution in [0.4, 0.5) is 5.69 Å². The minimum absolute atomic E-state index is 0.264. The van der Waals surface area contributed by atoms with Crippen LogP contribution in [0.3, 0.4) is 0 Å². The molecule has 0 bridgehead atoms. The van der Waals surface area contributed by atoms with E-state index in [1.54, 1.807) is 12.1 Å². The van der Waals surface area contributed by atoms with E-state index in [0.29, 0.717) is 6.04 Å². The normalized spacial score (nSPS) is 13.9. The lowest BCUT2D eigenvalue weighted by Crippen LogP contribution is -2.22. The molecule has 1 aromatic heterocycles. The fourth-order valence-electron chi connectivity index (χ4n) is 5.91. The van der Waals surface area contributed by atoms with Gasteiger partial charge in [0.25, 0.3) is 0 Å².